The fourth-order valence-electron chi connectivity index (χ4n) is 1.80. The van der Waals surface area contributed by atoms with Crippen LogP contribution in [-0.2, 0) is 0 Å². The zero-order valence-electron chi connectivity index (χ0n) is 12.0. The smallest absolute Gasteiger partial charge is 0.255 e. The van der Waals surface area contributed by atoms with E-state index in [2.05, 4.69) is 10.3 Å². The Bertz CT molecular complexity index is 644. The highest BCUT2D eigenvalue weighted by molar-refractivity contribution is 6.29. The predicted molar refractivity (Wildman–Crippen MR) is 84.2 cm³/mol. The summed E-state index contributed by atoms with van der Waals surface area (Å²) in [4.78, 5) is 16.4. The first-order chi connectivity index (χ1) is 10.1. The molecule has 0 bridgehead atoms. The van der Waals surface area contributed by atoms with Crippen LogP contribution in [0.4, 0.5) is 5.69 Å². The van der Waals surface area contributed by atoms with E-state index in [-0.39, 0.29) is 5.91 Å². The lowest BCUT2D eigenvalue weighted by Gasteiger charge is -2.09. The second kappa shape index (κ2) is 7.09. The number of hydrogen-bond donors (Lipinski definition) is 1. The second-order valence-electron chi connectivity index (χ2n) is 4.60. The van der Waals surface area contributed by atoms with Gasteiger partial charge in [-0.25, -0.2) is 4.98 Å². The fourth-order valence-corrected chi connectivity index (χ4v) is 1.99. The van der Waals surface area contributed by atoms with E-state index >= 15 is 0 Å². The first-order valence-corrected chi connectivity index (χ1v) is 7.15. The largest absolute Gasteiger partial charge is 0.494 e. The van der Waals surface area contributed by atoms with E-state index in [0.717, 1.165) is 6.42 Å². The molecule has 0 atom stereocenters. The summed E-state index contributed by atoms with van der Waals surface area (Å²) < 4.78 is 5.53. The molecule has 0 spiro atoms. The van der Waals surface area contributed by atoms with E-state index in [0.29, 0.717) is 34.5 Å². The molecular weight excluding hydrogens is 288 g/mol. The van der Waals surface area contributed by atoms with E-state index < -0.39 is 0 Å². The molecule has 0 aliphatic rings. The number of carbonyl (C=O) groups excluding carboxylic acids is 1. The summed E-state index contributed by atoms with van der Waals surface area (Å²) in [6.45, 7) is 4.46. The number of amides is 1. The number of hydrogen-bond acceptors (Lipinski definition) is 3. The minimum absolute atomic E-state index is 0.204. The number of halogens is 1. The number of aryl methyl sites for hydroxylation is 1. The maximum absolute atomic E-state index is 12.2. The van der Waals surface area contributed by atoms with Crippen molar-refractivity contribution in [2.24, 2.45) is 0 Å². The highest BCUT2D eigenvalue weighted by Gasteiger charge is 2.09. The number of aromatic nitrogens is 1. The predicted octanol–water partition coefficient (Wildman–Crippen LogP) is 4.08. The van der Waals surface area contributed by atoms with Gasteiger partial charge in [-0.1, -0.05) is 24.6 Å². The Morgan fingerprint density at radius 2 is 2.14 bits per heavy atom. The van der Waals surface area contributed by atoms with Crippen LogP contribution < -0.4 is 10.1 Å². The maximum Gasteiger partial charge on any atom is 0.255 e. The van der Waals surface area contributed by atoms with E-state index in [9.17, 15) is 4.79 Å². The third-order valence-corrected chi connectivity index (χ3v) is 3.08. The monoisotopic (exact) mass is 304 g/mol. The molecule has 1 N–H and O–H groups in total. The van der Waals surface area contributed by atoms with Crippen LogP contribution >= 0.6 is 11.6 Å². The van der Waals surface area contributed by atoms with Crippen molar-refractivity contribution in [1.29, 1.82) is 0 Å². The molecule has 0 aliphatic carbocycles. The Balaban J connectivity index is 2.12. The Morgan fingerprint density at radius 1 is 1.33 bits per heavy atom. The van der Waals surface area contributed by atoms with Crippen LogP contribution in [0.5, 0.6) is 5.75 Å². The lowest BCUT2D eigenvalue weighted by atomic mass is 10.2. The third-order valence-electron chi connectivity index (χ3n) is 2.87. The van der Waals surface area contributed by atoms with Crippen molar-refractivity contribution in [3.8, 4) is 5.75 Å². The van der Waals surface area contributed by atoms with Crippen LogP contribution in [-0.4, -0.2) is 17.5 Å². The molecule has 4 nitrogen and oxygen atoms in total. The van der Waals surface area contributed by atoms with Gasteiger partial charge in [-0.05, 0) is 43.7 Å². The second-order valence-corrected chi connectivity index (χ2v) is 4.98. The summed E-state index contributed by atoms with van der Waals surface area (Å²) in [5.41, 5.74) is 1.86. The molecule has 1 aromatic carbocycles. The first-order valence-electron chi connectivity index (χ1n) is 6.77. The van der Waals surface area contributed by atoms with Crippen molar-refractivity contribution in [3.63, 3.8) is 0 Å². The molecule has 1 aromatic heterocycles. The standard InChI is InChI=1S/C16H17ClN2O2/c1-3-9-21-13-6-4-5-12(10-13)16(20)19-14-7-8-15(17)18-11(14)2/h4-8,10H,3,9H2,1-2H3,(H,19,20). The van der Waals surface area contributed by atoms with Crippen LogP contribution in [0.25, 0.3) is 0 Å². The Kier molecular flexibility index (Phi) is 5.17. The van der Waals surface area contributed by atoms with Gasteiger partial charge in [0, 0.05) is 5.56 Å². The molecule has 1 amide bonds. The Labute approximate surface area is 129 Å². The molecular formula is C16H17ClN2O2. The highest BCUT2D eigenvalue weighted by Crippen LogP contribution is 2.18. The van der Waals surface area contributed by atoms with Gasteiger partial charge in [0.1, 0.15) is 10.9 Å². The molecule has 0 aliphatic heterocycles. The van der Waals surface area contributed by atoms with Gasteiger partial charge in [0.25, 0.3) is 5.91 Å². The zero-order chi connectivity index (χ0) is 15.2. The average molecular weight is 305 g/mol. The van der Waals surface area contributed by atoms with Crippen molar-refractivity contribution in [3.05, 3.63) is 52.8 Å². The van der Waals surface area contributed by atoms with Gasteiger partial charge in [0.2, 0.25) is 0 Å². The number of rotatable bonds is 5. The number of nitrogens with zero attached hydrogens (tertiary/aromatic N) is 1. The summed E-state index contributed by atoms with van der Waals surface area (Å²) in [6, 6.07) is 10.5. The molecule has 0 fully saturated rings. The number of nitrogens with one attached hydrogen (secondary N) is 1. The van der Waals surface area contributed by atoms with Gasteiger partial charge in [0.15, 0.2) is 0 Å². The summed E-state index contributed by atoms with van der Waals surface area (Å²) in [5.74, 6) is 0.486. The lowest BCUT2D eigenvalue weighted by molar-refractivity contribution is 0.102. The van der Waals surface area contributed by atoms with Crippen molar-refractivity contribution >= 4 is 23.2 Å². The quantitative estimate of drug-likeness (QED) is 0.847. The minimum atomic E-state index is -0.204. The van der Waals surface area contributed by atoms with E-state index in [1.807, 2.05) is 13.0 Å². The van der Waals surface area contributed by atoms with Crippen molar-refractivity contribution in [2.45, 2.75) is 20.3 Å². The number of anilines is 1. The molecule has 0 unspecified atom stereocenters. The Hall–Kier alpha value is -2.07. The number of ether oxygens (including phenoxy) is 1. The minimum Gasteiger partial charge on any atom is -0.494 e. The zero-order valence-corrected chi connectivity index (χ0v) is 12.8. The average Bonchev–Trinajstić information content (AvgIpc) is 2.48. The normalized spacial score (nSPS) is 10.2. The highest BCUT2D eigenvalue weighted by atomic mass is 35.5. The number of carbonyl (C=O) groups is 1. The van der Waals surface area contributed by atoms with Gasteiger partial charge in [-0.2, -0.15) is 0 Å². The van der Waals surface area contributed by atoms with Crippen LogP contribution in [0, 0.1) is 6.92 Å². The third kappa shape index (κ3) is 4.20. The molecule has 0 saturated carbocycles. The Morgan fingerprint density at radius 3 is 2.86 bits per heavy atom. The molecule has 2 aromatic rings. The SMILES string of the molecule is CCCOc1cccc(C(=O)Nc2ccc(Cl)nc2C)c1. The first kappa shape index (κ1) is 15.3. The van der Waals surface area contributed by atoms with Crippen LogP contribution in [0.2, 0.25) is 5.15 Å². The fraction of sp³-hybridized carbons (Fsp3) is 0.250. The van der Waals surface area contributed by atoms with E-state index in [1.54, 1.807) is 37.3 Å². The summed E-state index contributed by atoms with van der Waals surface area (Å²) in [7, 11) is 0. The molecule has 110 valence electrons. The molecule has 2 rings (SSSR count). The molecule has 1 heterocycles. The molecule has 0 radical (unpaired) electrons. The van der Waals surface area contributed by atoms with Crippen molar-refractivity contribution < 1.29 is 9.53 Å². The summed E-state index contributed by atoms with van der Waals surface area (Å²) in [6.07, 6.45) is 0.923. The number of pyridine rings is 1. The van der Waals surface area contributed by atoms with Crippen LogP contribution in [0.3, 0.4) is 0 Å². The van der Waals surface area contributed by atoms with Gasteiger partial charge in [0.05, 0.1) is 18.0 Å². The van der Waals surface area contributed by atoms with Gasteiger partial charge in [-0.3, -0.25) is 4.79 Å². The topological polar surface area (TPSA) is 51.2 Å². The lowest BCUT2D eigenvalue weighted by Crippen LogP contribution is -2.13. The van der Waals surface area contributed by atoms with E-state index in [4.69, 9.17) is 16.3 Å². The van der Waals surface area contributed by atoms with Gasteiger partial charge in [-0.15, -0.1) is 0 Å². The summed E-state index contributed by atoms with van der Waals surface area (Å²) >= 11 is 5.80. The van der Waals surface area contributed by atoms with Crippen molar-refractivity contribution in [1.82, 2.24) is 4.98 Å². The molecule has 0 saturated heterocycles. The molecule has 21 heavy (non-hydrogen) atoms. The van der Waals surface area contributed by atoms with Crippen LogP contribution in [0.15, 0.2) is 36.4 Å². The van der Waals surface area contributed by atoms with Gasteiger partial charge < -0.3 is 10.1 Å². The molecule has 5 heteroatoms. The number of benzene rings is 1. The summed E-state index contributed by atoms with van der Waals surface area (Å²) in [5, 5.41) is 3.22. The maximum atomic E-state index is 12.2. The van der Waals surface area contributed by atoms with E-state index in [1.165, 1.54) is 0 Å². The van der Waals surface area contributed by atoms with Crippen LogP contribution in [0.1, 0.15) is 29.4 Å². The van der Waals surface area contributed by atoms with Gasteiger partial charge >= 0.3 is 0 Å². The van der Waals surface area contributed by atoms with Crippen molar-refractivity contribution in [2.75, 3.05) is 11.9 Å².